The van der Waals surface area contributed by atoms with Crippen LogP contribution in [0.3, 0.4) is 0 Å². The van der Waals surface area contributed by atoms with Gasteiger partial charge < -0.3 is 0 Å². The molecule has 2 unspecified atom stereocenters. The van der Waals surface area contributed by atoms with Crippen molar-refractivity contribution in [1.82, 2.24) is 0 Å². The average Bonchev–Trinajstić information content (AvgIpc) is 2.55. The van der Waals surface area contributed by atoms with Gasteiger partial charge in [0.05, 0.1) is 13.2 Å². The SMILES string of the molecule is CCCCC(CC)COP(=O)(OCC(CC)CCCC)OP=O. The van der Waals surface area contributed by atoms with E-state index >= 15 is 0 Å². The number of hydrogen-bond acceptors (Lipinski definition) is 5. The third-order valence-corrected chi connectivity index (χ3v) is 6.15. The first-order valence-corrected chi connectivity index (χ1v) is 11.1. The summed E-state index contributed by atoms with van der Waals surface area (Å²) in [7, 11) is -4.41. The van der Waals surface area contributed by atoms with Crippen LogP contribution in [-0.2, 0) is 22.5 Å². The second kappa shape index (κ2) is 14.5. The van der Waals surface area contributed by atoms with Crippen molar-refractivity contribution < 1.29 is 22.5 Å². The summed E-state index contributed by atoms with van der Waals surface area (Å²) in [5, 5.41) is 0. The van der Waals surface area contributed by atoms with Crippen molar-refractivity contribution in [2.45, 2.75) is 79.1 Å². The van der Waals surface area contributed by atoms with Crippen LogP contribution in [0.4, 0.5) is 0 Å². The minimum absolute atomic E-state index is 0.315. The fraction of sp³-hybridized carbons (Fsp3) is 1.00. The van der Waals surface area contributed by atoms with E-state index in [1.165, 1.54) is 0 Å². The van der Waals surface area contributed by atoms with Crippen LogP contribution in [0.1, 0.15) is 79.1 Å². The average molecular weight is 368 g/mol. The summed E-state index contributed by atoms with van der Waals surface area (Å²) in [6.07, 6.45) is 8.41. The Morgan fingerprint density at radius 1 is 0.870 bits per heavy atom. The summed E-state index contributed by atoms with van der Waals surface area (Å²) in [5.74, 6) is 0.640. The molecule has 0 saturated heterocycles. The lowest BCUT2D eigenvalue weighted by atomic mass is 10.0. The lowest BCUT2D eigenvalue weighted by Crippen LogP contribution is -2.12. The highest BCUT2D eigenvalue weighted by Crippen LogP contribution is 2.53. The summed E-state index contributed by atoms with van der Waals surface area (Å²) in [6.45, 7) is 9.08. The third kappa shape index (κ3) is 11.4. The van der Waals surface area contributed by atoms with E-state index in [-0.39, 0.29) is 0 Å². The molecule has 0 amide bonds. The van der Waals surface area contributed by atoms with Gasteiger partial charge in [0.2, 0.25) is 0 Å². The van der Waals surface area contributed by atoms with Gasteiger partial charge in [-0.05, 0) is 24.7 Å². The molecule has 0 spiro atoms. The zero-order valence-electron chi connectivity index (χ0n) is 15.2. The van der Waals surface area contributed by atoms with E-state index in [1.54, 1.807) is 0 Å². The van der Waals surface area contributed by atoms with Gasteiger partial charge in [0.15, 0.2) is 0 Å². The molecular formula is C16H34O5P2. The first-order chi connectivity index (χ1) is 11.0. The van der Waals surface area contributed by atoms with E-state index in [9.17, 15) is 9.13 Å². The van der Waals surface area contributed by atoms with Gasteiger partial charge in [-0.1, -0.05) is 66.2 Å². The Bertz CT molecular complexity index is 314. The molecule has 0 N–H and O–H groups in total. The molecular weight excluding hydrogens is 334 g/mol. The van der Waals surface area contributed by atoms with Crippen LogP contribution in [0.25, 0.3) is 0 Å². The van der Waals surface area contributed by atoms with E-state index in [2.05, 4.69) is 27.7 Å². The molecule has 0 heterocycles. The van der Waals surface area contributed by atoms with Gasteiger partial charge in [0, 0.05) is 0 Å². The van der Waals surface area contributed by atoms with Gasteiger partial charge in [-0.15, -0.1) is 0 Å². The maximum absolute atomic E-state index is 12.5. The van der Waals surface area contributed by atoms with Gasteiger partial charge in [-0.3, -0.25) is 9.05 Å². The van der Waals surface area contributed by atoms with Crippen molar-refractivity contribution >= 4 is 16.5 Å². The number of phosphoric ester groups is 1. The number of unbranched alkanes of at least 4 members (excludes halogenated alkanes) is 2. The molecule has 0 rings (SSSR count). The molecule has 0 aromatic rings. The van der Waals surface area contributed by atoms with Gasteiger partial charge in [-0.2, -0.15) is 4.31 Å². The van der Waals surface area contributed by atoms with Crippen molar-refractivity contribution in [3.8, 4) is 0 Å². The Morgan fingerprint density at radius 3 is 1.61 bits per heavy atom. The number of phosphoric acid groups is 1. The molecule has 7 heteroatoms. The Labute approximate surface area is 143 Å². The normalized spacial score (nSPS) is 17.0. The molecule has 0 aliphatic rings. The molecule has 23 heavy (non-hydrogen) atoms. The molecule has 0 bridgehead atoms. The van der Waals surface area contributed by atoms with Crippen molar-refractivity contribution in [2.75, 3.05) is 13.2 Å². The van der Waals surface area contributed by atoms with Crippen molar-refractivity contribution in [2.24, 2.45) is 11.8 Å². The predicted octanol–water partition coefficient (Wildman–Crippen LogP) is 6.78. The second-order valence-corrected chi connectivity index (χ2v) is 8.24. The number of rotatable bonds is 16. The topological polar surface area (TPSA) is 61.8 Å². The van der Waals surface area contributed by atoms with Crippen LogP contribution in [-0.4, -0.2) is 13.2 Å². The summed E-state index contributed by atoms with van der Waals surface area (Å²) >= 11 is 0. The molecule has 0 aliphatic carbocycles. The highest BCUT2D eigenvalue weighted by atomic mass is 31.2. The van der Waals surface area contributed by atoms with Crippen molar-refractivity contribution in [3.63, 3.8) is 0 Å². The Balaban J connectivity index is 4.46. The number of hydrogen-bond donors (Lipinski definition) is 0. The van der Waals surface area contributed by atoms with Gasteiger partial charge >= 0.3 is 16.5 Å². The van der Waals surface area contributed by atoms with E-state index < -0.39 is 16.5 Å². The largest absolute Gasteiger partial charge is 0.485 e. The summed E-state index contributed by atoms with van der Waals surface area (Å²) in [5.41, 5.74) is 0. The molecule has 0 radical (unpaired) electrons. The van der Waals surface area contributed by atoms with Gasteiger partial charge in [0.25, 0.3) is 0 Å². The van der Waals surface area contributed by atoms with E-state index in [0.29, 0.717) is 25.0 Å². The summed E-state index contributed by atoms with van der Waals surface area (Å²) < 4.78 is 38.9. The third-order valence-electron chi connectivity index (χ3n) is 4.16. The summed E-state index contributed by atoms with van der Waals surface area (Å²) in [4.78, 5) is 0. The molecule has 5 nitrogen and oxygen atoms in total. The van der Waals surface area contributed by atoms with Crippen LogP contribution in [0.15, 0.2) is 0 Å². The maximum Gasteiger partial charge on any atom is 0.485 e. The Kier molecular flexibility index (Phi) is 14.7. The molecule has 0 saturated carbocycles. The second-order valence-electron chi connectivity index (χ2n) is 6.03. The van der Waals surface area contributed by atoms with E-state index in [0.717, 1.165) is 51.4 Å². The predicted molar refractivity (Wildman–Crippen MR) is 94.8 cm³/mol. The monoisotopic (exact) mass is 368 g/mol. The highest BCUT2D eigenvalue weighted by Gasteiger charge is 2.29. The molecule has 0 aliphatic heterocycles. The first-order valence-electron chi connectivity index (χ1n) is 8.95. The Hall–Kier alpha value is 0.210. The van der Waals surface area contributed by atoms with Crippen LogP contribution in [0.5, 0.6) is 0 Å². The molecule has 0 fully saturated rings. The maximum atomic E-state index is 12.5. The first kappa shape index (κ1) is 23.2. The minimum atomic E-state index is -3.74. The highest BCUT2D eigenvalue weighted by molar-refractivity contribution is 7.53. The zero-order valence-corrected chi connectivity index (χ0v) is 17.0. The van der Waals surface area contributed by atoms with Crippen LogP contribution in [0, 0.1) is 11.8 Å². The van der Waals surface area contributed by atoms with Crippen LogP contribution < -0.4 is 0 Å². The summed E-state index contributed by atoms with van der Waals surface area (Å²) in [6, 6.07) is 0. The van der Waals surface area contributed by atoms with Gasteiger partial charge in [0.1, 0.15) is 0 Å². The molecule has 138 valence electrons. The van der Waals surface area contributed by atoms with E-state index in [1.807, 2.05) is 0 Å². The zero-order chi connectivity index (χ0) is 17.6. The quantitative estimate of drug-likeness (QED) is 0.281. The minimum Gasteiger partial charge on any atom is -0.286 e. The standard InChI is InChI=1S/C16H34O5P2/c1-5-9-11-15(7-3)13-19-23(18,21-22-17)20-14-16(8-4)12-10-6-2/h15-16H,5-14H2,1-4H3. The molecule has 0 aromatic heterocycles. The van der Waals surface area contributed by atoms with Crippen LogP contribution >= 0.6 is 16.5 Å². The van der Waals surface area contributed by atoms with Gasteiger partial charge in [-0.25, -0.2) is 9.13 Å². The Morgan fingerprint density at radius 2 is 1.30 bits per heavy atom. The fourth-order valence-electron chi connectivity index (χ4n) is 2.31. The molecule has 2 atom stereocenters. The van der Waals surface area contributed by atoms with E-state index in [4.69, 9.17) is 13.4 Å². The smallest absolute Gasteiger partial charge is 0.286 e. The van der Waals surface area contributed by atoms with Crippen molar-refractivity contribution in [1.29, 1.82) is 0 Å². The van der Waals surface area contributed by atoms with Crippen molar-refractivity contribution in [3.05, 3.63) is 0 Å². The molecule has 0 aromatic carbocycles. The van der Waals surface area contributed by atoms with Crippen LogP contribution in [0.2, 0.25) is 0 Å². The fourth-order valence-corrected chi connectivity index (χ4v) is 3.88. The lowest BCUT2D eigenvalue weighted by molar-refractivity contribution is 0.118. The lowest BCUT2D eigenvalue weighted by Gasteiger charge is -2.21.